The second-order valence-corrected chi connectivity index (χ2v) is 4.92. The Hall–Kier alpha value is -2.41. The lowest BCUT2D eigenvalue weighted by molar-refractivity contribution is -0.385. The summed E-state index contributed by atoms with van der Waals surface area (Å²) in [5, 5.41) is 14.2. The predicted octanol–water partition coefficient (Wildman–Crippen LogP) is 2.51. The summed E-state index contributed by atoms with van der Waals surface area (Å²) < 4.78 is 10.7. The van der Waals surface area contributed by atoms with Crippen LogP contribution in [0.3, 0.4) is 0 Å². The van der Waals surface area contributed by atoms with E-state index in [0.29, 0.717) is 29.8 Å². The second kappa shape index (κ2) is 5.53. The summed E-state index contributed by atoms with van der Waals surface area (Å²) >= 11 is 0. The molecule has 0 aliphatic heterocycles. The van der Waals surface area contributed by atoms with E-state index in [1.165, 1.54) is 26.0 Å². The molecule has 0 atom stereocenters. The highest BCUT2D eigenvalue weighted by Gasteiger charge is 2.21. The molecule has 1 heterocycles. The molecule has 0 radical (unpaired) electrons. The number of rotatable bonds is 6. The van der Waals surface area contributed by atoms with Gasteiger partial charge in [0, 0.05) is 17.7 Å². The maximum atomic E-state index is 10.9. The van der Waals surface area contributed by atoms with E-state index in [4.69, 9.17) is 9.15 Å². The molecule has 0 saturated heterocycles. The van der Waals surface area contributed by atoms with Crippen molar-refractivity contribution < 1.29 is 14.1 Å². The number of hydrogen-bond acceptors (Lipinski definition) is 6. The number of benzene rings is 1. The number of aromatic nitrogens is 1. The summed E-state index contributed by atoms with van der Waals surface area (Å²) in [6.45, 7) is 0.592. The number of nitrogens with zero attached hydrogens (tertiary/aromatic N) is 2. The van der Waals surface area contributed by atoms with Gasteiger partial charge >= 0.3 is 5.69 Å². The van der Waals surface area contributed by atoms with E-state index in [-0.39, 0.29) is 11.4 Å². The zero-order valence-electron chi connectivity index (χ0n) is 11.5. The maximum absolute atomic E-state index is 10.9. The van der Waals surface area contributed by atoms with E-state index in [0.717, 1.165) is 0 Å². The van der Waals surface area contributed by atoms with Gasteiger partial charge in [0.15, 0.2) is 11.5 Å². The molecule has 1 saturated carbocycles. The quantitative estimate of drug-likeness (QED) is 0.649. The minimum Gasteiger partial charge on any atom is -0.490 e. The molecule has 3 rings (SSSR count). The van der Waals surface area contributed by atoms with Gasteiger partial charge in [0.2, 0.25) is 5.89 Å². The van der Waals surface area contributed by atoms with Gasteiger partial charge in [0.05, 0.1) is 24.8 Å². The fourth-order valence-corrected chi connectivity index (χ4v) is 2.03. The summed E-state index contributed by atoms with van der Waals surface area (Å²) in [6, 6.07) is 5.19. The van der Waals surface area contributed by atoms with Gasteiger partial charge in [-0.1, -0.05) is 0 Å². The fraction of sp³-hybridized carbons (Fsp3) is 0.357. The summed E-state index contributed by atoms with van der Waals surface area (Å²) in [5.74, 6) is 1.37. The van der Waals surface area contributed by atoms with Crippen LogP contribution in [0.5, 0.6) is 5.75 Å². The van der Waals surface area contributed by atoms with E-state index >= 15 is 0 Å². The van der Waals surface area contributed by atoms with E-state index in [9.17, 15) is 10.1 Å². The van der Waals surface area contributed by atoms with Crippen LogP contribution in [0.4, 0.5) is 5.69 Å². The molecule has 0 amide bonds. The van der Waals surface area contributed by atoms with Gasteiger partial charge in [-0.05, 0) is 25.0 Å². The second-order valence-electron chi connectivity index (χ2n) is 4.92. The first-order valence-electron chi connectivity index (χ1n) is 6.68. The summed E-state index contributed by atoms with van der Waals surface area (Å²) in [5.41, 5.74) is 0.624. The molecule has 0 unspecified atom stereocenters. The average molecular weight is 289 g/mol. The number of ether oxygens (including phenoxy) is 1. The Labute approximate surface area is 121 Å². The first-order valence-corrected chi connectivity index (χ1v) is 6.68. The van der Waals surface area contributed by atoms with Crippen molar-refractivity contribution in [3.05, 3.63) is 40.4 Å². The first-order chi connectivity index (χ1) is 10.2. The maximum Gasteiger partial charge on any atom is 0.310 e. The topological polar surface area (TPSA) is 90.4 Å². The van der Waals surface area contributed by atoms with Crippen molar-refractivity contribution in [1.29, 1.82) is 0 Å². The number of hydrogen-bond donors (Lipinski definition) is 1. The molecule has 110 valence electrons. The Morgan fingerprint density at radius 2 is 2.33 bits per heavy atom. The van der Waals surface area contributed by atoms with E-state index in [1.54, 1.807) is 18.3 Å². The lowest BCUT2D eigenvalue weighted by Crippen LogP contribution is -2.15. The van der Waals surface area contributed by atoms with Crippen LogP contribution in [0, 0.1) is 10.1 Å². The highest BCUT2D eigenvalue weighted by Crippen LogP contribution is 2.32. The average Bonchev–Trinajstić information content (AvgIpc) is 3.20. The van der Waals surface area contributed by atoms with Crippen LogP contribution in [-0.2, 0) is 6.54 Å². The normalized spacial score (nSPS) is 14.1. The van der Waals surface area contributed by atoms with E-state index in [2.05, 4.69) is 10.3 Å². The van der Waals surface area contributed by atoms with Crippen molar-refractivity contribution in [2.75, 3.05) is 7.11 Å². The number of nitro groups is 1. The summed E-state index contributed by atoms with van der Waals surface area (Å²) in [7, 11) is 1.40. The number of oxazole rings is 1. The molecule has 7 nitrogen and oxygen atoms in total. The van der Waals surface area contributed by atoms with Gasteiger partial charge < -0.3 is 14.5 Å². The zero-order valence-corrected chi connectivity index (χ0v) is 11.5. The molecule has 21 heavy (non-hydrogen) atoms. The van der Waals surface area contributed by atoms with Crippen LogP contribution in [0.25, 0.3) is 11.3 Å². The SMILES string of the molecule is COc1cc(-c2cnc(CNC3CC3)o2)ccc1[N+](=O)[O-]. The molecule has 7 heteroatoms. The third kappa shape index (κ3) is 3.03. The van der Waals surface area contributed by atoms with Crippen molar-refractivity contribution in [1.82, 2.24) is 10.3 Å². The Morgan fingerprint density at radius 1 is 1.52 bits per heavy atom. The molecule has 0 bridgehead atoms. The Morgan fingerprint density at radius 3 is 3.00 bits per heavy atom. The van der Waals surface area contributed by atoms with Crippen molar-refractivity contribution >= 4 is 5.69 Å². The van der Waals surface area contributed by atoms with Crippen LogP contribution < -0.4 is 10.1 Å². The molecule has 1 aromatic heterocycles. The number of nitro benzene ring substituents is 1. The molecular weight excluding hydrogens is 274 g/mol. The molecule has 1 aliphatic rings. The highest BCUT2D eigenvalue weighted by molar-refractivity contribution is 5.63. The lowest BCUT2D eigenvalue weighted by Gasteiger charge is -2.03. The minimum atomic E-state index is -0.478. The first kappa shape index (κ1) is 13.6. The largest absolute Gasteiger partial charge is 0.490 e. The fourth-order valence-electron chi connectivity index (χ4n) is 2.03. The Bertz CT molecular complexity index is 664. The zero-order chi connectivity index (χ0) is 14.8. The van der Waals surface area contributed by atoms with Gasteiger partial charge in [-0.2, -0.15) is 0 Å². The monoisotopic (exact) mass is 289 g/mol. The van der Waals surface area contributed by atoms with E-state index in [1.807, 2.05) is 0 Å². The third-order valence-electron chi connectivity index (χ3n) is 3.33. The number of methoxy groups -OCH3 is 1. The van der Waals surface area contributed by atoms with Gasteiger partial charge in [-0.15, -0.1) is 0 Å². The van der Waals surface area contributed by atoms with Crippen molar-refractivity contribution in [2.24, 2.45) is 0 Å². The van der Waals surface area contributed by atoms with Gasteiger partial charge in [0.25, 0.3) is 0 Å². The van der Waals surface area contributed by atoms with Crippen LogP contribution in [0.15, 0.2) is 28.8 Å². The molecule has 0 spiro atoms. The van der Waals surface area contributed by atoms with Gasteiger partial charge in [-0.3, -0.25) is 10.1 Å². The highest BCUT2D eigenvalue weighted by atomic mass is 16.6. The van der Waals surface area contributed by atoms with Crippen molar-refractivity contribution in [2.45, 2.75) is 25.4 Å². The predicted molar refractivity (Wildman–Crippen MR) is 75.0 cm³/mol. The Balaban J connectivity index is 1.80. The lowest BCUT2D eigenvalue weighted by atomic mass is 10.1. The van der Waals surface area contributed by atoms with Gasteiger partial charge in [0.1, 0.15) is 0 Å². The smallest absolute Gasteiger partial charge is 0.310 e. The van der Waals surface area contributed by atoms with Crippen LogP contribution in [-0.4, -0.2) is 23.1 Å². The third-order valence-corrected chi connectivity index (χ3v) is 3.33. The summed E-state index contributed by atoms with van der Waals surface area (Å²) in [4.78, 5) is 14.6. The molecule has 1 N–H and O–H groups in total. The van der Waals surface area contributed by atoms with Crippen molar-refractivity contribution in [3.63, 3.8) is 0 Å². The van der Waals surface area contributed by atoms with Gasteiger partial charge in [-0.25, -0.2) is 4.98 Å². The summed E-state index contributed by atoms with van der Waals surface area (Å²) in [6.07, 6.45) is 4.02. The molecule has 1 aromatic carbocycles. The van der Waals surface area contributed by atoms with Crippen molar-refractivity contribution in [3.8, 4) is 17.1 Å². The van der Waals surface area contributed by atoms with E-state index < -0.39 is 4.92 Å². The number of nitrogens with one attached hydrogen (secondary N) is 1. The Kier molecular flexibility index (Phi) is 3.57. The van der Waals surface area contributed by atoms with Crippen LogP contribution >= 0.6 is 0 Å². The molecule has 1 fully saturated rings. The van der Waals surface area contributed by atoms with Crippen LogP contribution in [0.1, 0.15) is 18.7 Å². The molecule has 2 aromatic rings. The molecular formula is C14H15N3O4. The molecule has 1 aliphatic carbocycles. The minimum absolute atomic E-state index is 0.0728. The van der Waals surface area contributed by atoms with Crippen LogP contribution in [0.2, 0.25) is 0 Å². The standard InChI is InChI=1S/C14H15N3O4/c1-20-12-6-9(2-5-11(12)17(18)19)13-7-16-14(21-13)8-15-10-3-4-10/h2,5-7,10,15H,3-4,8H2,1H3.